The summed E-state index contributed by atoms with van der Waals surface area (Å²) in [6.45, 7) is 3.77. The van der Waals surface area contributed by atoms with Crippen LogP contribution in [0.5, 0.6) is 0 Å². The molecule has 1 amide bonds. The highest BCUT2D eigenvalue weighted by Crippen LogP contribution is 2.46. The minimum atomic E-state index is -0.458. The molecular weight excluding hydrogens is 324 g/mol. The van der Waals surface area contributed by atoms with Gasteiger partial charge in [-0.1, -0.05) is 30.5 Å². The number of hydrogen-bond acceptors (Lipinski definition) is 3. The number of carbonyl (C=O) groups excluding carboxylic acids is 1. The number of hydrogen-bond donors (Lipinski definition) is 2. The van der Waals surface area contributed by atoms with Gasteiger partial charge in [-0.25, -0.2) is 4.98 Å². The van der Waals surface area contributed by atoms with Gasteiger partial charge in [0.2, 0.25) is 5.91 Å². The van der Waals surface area contributed by atoms with E-state index in [2.05, 4.69) is 51.4 Å². The zero-order chi connectivity index (χ0) is 18.0. The van der Waals surface area contributed by atoms with Gasteiger partial charge in [-0.2, -0.15) is 0 Å². The number of anilines is 1. The third-order valence-corrected chi connectivity index (χ3v) is 5.99. The SMILES string of the molecule is Cc1ccc(NC2(C(=O)NCC3(Cn4ccnc4)CC3)CCCC2)cc1. The lowest BCUT2D eigenvalue weighted by molar-refractivity contribution is -0.125. The molecule has 26 heavy (non-hydrogen) atoms. The van der Waals surface area contributed by atoms with Crippen molar-refractivity contribution in [3.63, 3.8) is 0 Å². The Bertz CT molecular complexity index is 741. The molecule has 1 heterocycles. The van der Waals surface area contributed by atoms with Crippen LogP contribution in [0.25, 0.3) is 0 Å². The molecule has 5 heteroatoms. The van der Waals surface area contributed by atoms with Crippen LogP contribution in [0.15, 0.2) is 43.0 Å². The summed E-state index contributed by atoms with van der Waals surface area (Å²) in [4.78, 5) is 17.2. The number of benzene rings is 1. The third kappa shape index (κ3) is 3.62. The standard InChI is InChI=1S/C21H28N4O/c1-17-4-6-18(7-5-17)24-21(8-2-3-9-21)19(26)23-14-20(10-11-20)15-25-13-12-22-16-25/h4-7,12-13,16,24H,2-3,8-11,14-15H2,1H3,(H,23,26). The van der Waals surface area contributed by atoms with E-state index >= 15 is 0 Å². The lowest BCUT2D eigenvalue weighted by Gasteiger charge is -2.31. The summed E-state index contributed by atoms with van der Waals surface area (Å²) in [5.41, 5.74) is 2.02. The van der Waals surface area contributed by atoms with Gasteiger partial charge in [0.25, 0.3) is 0 Å². The number of imidazole rings is 1. The van der Waals surface area contributed by atoms with E-state index in [0.29, 0.717) is 0 Å². The van der Waals surface area contributed by atoms with E-state index in [0.717, 1.165) is 44.5 Å². The van der Waals surface area contributed by atoms with Crippen molar-refractivity contribution in [3.05, 3.63) is 48.5 Å². The first-order valence-electron chi connectivity index (χ1n) is 9.68. The minimum Gasteiger partial charge on any atom is -0.371 e. The summed E-state index contributed by atoms with van der Waals surface area (Å²) in [6.07, 6.45) is 12.0. The zero-order valence-corrected chi connectivity index (χ0v) is 15.5. The first-order chi connectivity index (χ1) is 12.6. The van der Waals surface area contributed by atoms with E-state index in [4.69, 9.17) is 0 Å². The van der Waals surface area contributed by atoms with E-state index in [1.165, 1.54) is 18.4 Å². The summed E-state index contributed by atoms with van der Waals surface area (Å²) in [5.74, 6) is 0.160. The molecule has 2 aliphatic carbocycles. The van der Waals surface area contributed by atoms with Gasteiger partial charge in [-0.3, -0.25) is 4.79 Å². The minimum absolute atomic E-state index is 0.160. The molecule has 0 atom stereocenters. The van der Waals surface area contributed by atoms with E-state index in [-0.39, 0.29) is 11.3 Å². The Hall–Kier alpha value is -2.30. The number of aryl methyl sites for hydroxylation is 1. The summed E-state index contributed by atoms with van der Waals surface area (Å²) >= 11 is 0. The van der Waals surface area contributed by atoms with E-state index in [1.807, 2.05) is 18.7 Å². The van der Waals surface area contributed by atoms with Crippen molar-refractivity contribution >= 4 is 11.6 Å². The van der Waals surface area contributed by atoms with Crippen molar-refractivity contribution in [1.29, 1.82) is 0 Å². The number of nitrogens with one attached hydrogen (secondary N) is 2. The molecule has 2 aromatic rings. The lowest BCUT2D eigenvalue weighted by atomic mass is 9.95. The molecule has 4 rings (SSSR count). The lowest BCUT2D eigenvalue weighted by Crippen LogP contribution is -2.52. The van der Waals surface area contributed by atoms with E-state index < -0.39 is 5.54 Å². The second kappa shape index (κ2) is 6.78. The van der Waals surface area contributed by atoms with Crippen LogP contribution < -0.4 is 10.6 Å². The maximum Gasteiger partial charge on any atom is 0.245 e. The molecule has 1 aromatic heterocycles. The van der Waals surface area contributed by atoms with Gasteiger partial charge in [-0.15, -0.1) is 0 Å². The molecule has 0 aliphatic heterocycles. The van der Waals surface area contributed by atoms with Crippen LogP contribution in [-0.4, -0.2) is 27.5 Å². The molecule has 0 unspecified atom stereocenters. The molecule has 2 N–H and O–H groups in total. The fourth-order valence-electron chi connectivity index (χ4n) is 4.07. The number of carbonyl (C=O) groups is 1. The summed E-state index contributed by atoms with van der Waals surface area (Å²) in [5, 5.41) is 6.83. The van der Waals surface area contributed by atoms with Crippen molar-refractivity contribution in [2.75, 3.05) is 11.9 Å². The molecule has 2 aliphatic rings. The van der Waals surface area contributed by atoms with E-state index in [1.54, 1.807) is 0 Å². The smallest absolute Gasteiger partial charge is 0.245 e. The molecule has 0 bridgehead atoms. The molecule has 2 saturated carbocycles. The van der Waals surface area contributed by atoms with Gasteiger partial charge >= 0.3 is 0 Å². The number of nitrogens with zero attached hydrogens (tertiary/aromatic N) is 2. The Labute approximate surface area is 155 Å². The van der Waals surface area contributed by atoms with Crippen LogP contribution in [0.3, 0.4) is 0 Å². The fourth-order valence-corrected chi connectivity index (χ4v) is 4.07. The number of amides is 1. The van der Waals surface area contributed by atoms with Crippen molar-refractivity contribution in [2.24, 2.45) is 5.41 Å². The van der Waals surface area contributed by atoms with Gasteiger partial charge in [0.1, 0.15) is 5.54 Å². The van der Waals surface area contributed by atoms with E-state index in [9.17, 15) is 4.79 Å². The Kier molecular flexibility index (Phi) is 4.47. The fraction of sp³-hybridized carbons (Fsp3) is 0.524. The number of rotatable bonds is 7. The monoisotopic (exact) mass is 352 g/mol. The van der Waals surface area contributed by atoms with Gasteiger partial charge in [0.15, 0.2) is 0 Å². The highest BCUT2D eigenvalue weighted by Gasteiger charge is 2.46. The average molecular weight is 352 g/mol. The first kappa shape index (κ1) is 17.1. The molecule has 0 spiro atoms. The maximum atomic E-state index is 13.1. The summed E-state index contributed by atoms with van der Waals surface area (Å²) < 4.78 is 2.12. The molecule has 2 fully saturated rings. The Morgan fingerprint density at radius 2 is 1.88 bits per heavy atom. The van der Waals surface area contributed by atoms with Crippen LogP contribution in [0.1, 0.15) is 44.1 Å². The molecule has 0 radical (unpaired) electrons. The van der Waals surface area contributed by atoms with Crippen LogP contribution in [0.4, 0.5) is 5.69 Å². The summed E-state index contributed by atoms with van der Waals surface area (Å²) in [7, 11) is 0. The Morgan fingerprint density at radius 3 is 2.50 bits per heavy atom. The average Bonchev–Trinajstić information content (AvgIpc) is 3.01. The molecule has 0 saturated heterocycles. The normalized spacial score (nSPS) is 19.9. The van der Waals surface area contributed by atoms with Gasteiger partial charge in [-0.05, 0) is 44.7 Å². The van der Waals surface area contributed by atoms with Crippen molar-refractivity contribution in [3.8, 4) is 0 Å². The van der Waals surface area contributed by atoms with Crippen molar-refractivity contribution in [1.82, 2.24) is 14.9 Å². The number of aromatic nitrogens is 2. The molecule has 138 valence electrons. The van der Waals surface area contributed by atoms with Crippen molar-refractivity contribution < 1.29 is 4.79 Å². The van der Waals surface area contributed by atoms with Gasteiger partial charge < -0.3 is 15.2 Å². The largest absolute Gasteiger partial charge is 0.371 e. The predicted molar refractivity (Wildman–Crippen MR) is 103 cm³/mol. The highest BCUT2D eigenvalue weighted by atomic mass is 16.2. The second-order valence-electron chi connectivity index (χ2n) is 8.20. The molecular formula is C21H28N4O. The third-order valence-electron chi connectivity index (χ3n) is 5.99. The van der Waals surface area contributed by atoms with Crippen LogP contribution in [0.2, 0.25) is 0 Å². The second-order valence-corrected chi connectivity index (χ2v) is 8.20. The van der Waals surface area contributed by atoms with Crippen LogP contribution in [0, 0.1) is 12.3 Å². The predicted octanol–water partition coefficient (Wildman–Crippen LogP) is 3.51. The van der Waals surface area contributed by atoms with Crippen LogP contribution in [-0.2, 0) is 11.3 Å². The Balaban J connectivity index is 1.40. The van der Waals surface area contributed by atoms with Crippen LogP contribution >= 0.6 is 0 Å². The Morgan fingerprint density at radius 1 is 1.15 bits per heavy atom. The first-order valence-corrected chi connectivity index (χ1v) is 9.68. The molecule has 5 nitrogen and oxygen atoms in total. The summed E-state index contributed by atoms with van der Waals surface area (Å²) in [6, 6.07) is 8.33. The highest BCUT2D eigenvalue weighted by molar-refractivity contribution is 5.89. The topological polar surface area (TPSA) is 59.0 Å². The van der Waals surface area contributed by atoms with Crippen molar-refractivity contribution in [2.45, 2.75) is 57.5 Å². The quantitative estimate of drug-likeness (QED) is 0.802. The maximum absolute atomic E-state index is 13.1. The zero-order valence-electron chi connectivity index (χ0n) is 15.5. The van der Waals surface area contributed by atoms with Gasteiger partial charge in [0, 0.05) is 36.6 Å². The molecule has 1 aromatic carbocycles. The van der Waals surface area contributed by atoms with Gasteiger partial charge in [0.05, 0.1) is 6.33 Å².